The van der Waals surface area contributed by atoms with Gasteiger partial charge in [0.1, 0.15) is 11.6 Å². The fraction of sp³-hybridized carbons (Fsp3) is 0.130. The van der Waals surface area contributed by atoms with Gasteiger partial charge in [-0.2, -0.15) is 0 Å². The molecule has 4 rings (SSSR count). The quantitative estimate of drug-likeness (QED) is 0.636. The molecule has 1 atom stereocenters. The molecular formula is C23H19FN2O3. The summed E-state index contributed by atoms with van der Waals surface area (Å²) >= 11 is 0. The molecule has 6 heteroatoms. The van der Waals surface area contributed by atoms with Crippen LogP contribution in [-0.4, -0.2) is 22.7 Å². The summed E-state index contributed by atoms with van der Waals surface area (Å²) in [5.74, 6) is -0.444. The van der Waals surface area contributed by atoms with Gasteiger partial charge in [0.05, 0.1) is 24.1 Å². The number of rotatable bonds is 5. The van der Waals surface area contributed by atoms with E-state index in [4.69, 9.17) is 4.74 Å². The number of carboxylic acid groups (broad SMARTS) is 1. The molecule has 0 fully saturated rings. The minimum Gasteiger partial charge on any atom is -0.493 e. The van der Waals surface area contributed by atoms with Gasteiger partial charge in [0.15, 0.2) is 0 Å². The van der Waals surface area contributed by atoms with Gasteiger partial charge in [-0.05, 0) is 36.4 Å². The first-order valence-electron chi connectivity index (χ1n) is 9.25. The molecule has 1 aliphatic rings. The molecule has 1 aromatic heterocycles. The Bertz CT molecular complexity index is 1080. The third-order valence-corrected chi connectivity index (χ3v) is 4.90. The van der Waals surface area contributed by atoms with Gasteiger partial charge < -0.3 is 15.2 Å². The molecule has 0 saturated carbocycles. The Morgan fingerprint density at radius 3 is 2.93 bits per heavy atom. The van der Waals surface area contributed by atoms with Crippen molar-refractivity contribution in [2.24, 2.45) is 0 Å². The van der Waals surface area contributed by atoms with Crippen LogP contribution in [0.25, 0.3) is 11.1 Å². The lowest BCUT2D eigenvalue weighted by Gasteiger charge is -2.24. The van der Waals surface area contributed by atoms with Crippen molar-refractivity contribution in [1.82, 2.24) is 4.98 Å². The molecule has 1 aliphatic heterocycles. The van der Waals surface area contributed by atoms with Crippen LogP contribution in [0, 0.1) is 5.82 Å². The molecule has 2 N–H and O–H groups in total. The summed E-state index contributed by atoms with van der Waals surface area (Å²) in [7, 11) is 0. The molecule has 0 saturated heterocycles. The lowest BCUT2D eigenvalue weighted by molar-refractivity contribution is 0.0698. The number of hydrogen-bond donors (Lipinski definition) is 2. The van der Waals surface area contributed by atoms with Gasteiger partial charge in [-0.3, -0.25) is 4.98 Å². The van der Waals surface area contributed by atoms with Crippen molar-refractivity contribution in [1.29, 1.82) is 0 Å². The van der Waals surface area contributed by atoms with Crippen molar-refractivity contribution in [2.45, 2.75) is 12.3 Å². The normalized spacial score (nSPS) is 15.6. The molecule has 0 spiro atoms. The van der Waals surface area contributed by atoms with Crippen LogP contribution in [0.15, 0.2) is 73.2 Å². The van der Waals surface area contributed by atoms with Gasteiger partial charge in [0, 0.05) is 23.2 Å². The summed E-state index contributed by atoms with van der Waals surface area (Å²) in [6, 6.07) is 13.8. The van der Waals surface area contributed by atoms with Gasteiger partial charge in [0.25, 0.3) is 0 Å². The Kier molecular flexibility index (Phi) is 5.24. The molecule has 2 aromatic carbocycles. The first-order chi connectivity index (χ1) is 14.1. The van der Waals surface area contributed by atoms with E-state index in [2.05, 4.69) is 10.3 Å². The molecule has 29 heavy (non-hydrogen) atoms. The van der Waals surface area contributed by atoms with Crippen molar-refractivity contribution in [3.8, 4) is 16.9 Å². The molecule has 0 radical (unpaired) electrons. The number of hydrogen-bond acceptors (Lipinski definition) is 4. The fourth-order valence-electron chi connectivity index (χ4n) is 3.43. The van der Waals surface area contributed by atoms with Gasteiger partial charge >= 0.3 is 5.97 Å². The Balaban J connectivity index is 1.55. The first kappa shape index (κ1) is 18.7. The van der Waals surface area contributed by atoms with Crippen molar-refractivity contribution < 1.29 is 19.0 Å². The second-order valence-corrected chi connectivity index (χ2v) is 6.71. The van der Waals surface area contributed by atoms with Crippen LogP contribution in [0.3, 0.4) is 0 Å². The number of benzene rings is 2. The maximum atomic E-state index is 14.1. The summed E-state index contributed by atoms with van der Waals surface area (Å²) in [5.41, 5.74) is 2.91. The largest absolute Gasteiger partial charge is 0.493 e. The number of allylic oxidation sites excluding steroid dienone is 1. The molecule has 1 unspecified atom stereocenters. The van der Waals surface area contributed by atoms with Gasteiger partial charge in [-0.1, -0.05) is 36.4 Å². The summed E-state index contributed by atoms with van der Waals surface area (Å²) in [4.78, 5) is 15.3. The minimum absolute atomic E-state index is 0.103. The zero-order valence-corrected chi connectivity index (χ0v) is 15.5. The smallest absolute Gasteiger partial charge is 0.337 e. The number of pyridine rings is 1. The first-order valence-corrected chi connectivity index (χ1v) is 9.25. The zero-order chi connectivity index (χ0) is 20.2. The van der Waals surface area contributed by atoms with E-state index in [-0.39, 0.29) is 17.3 Å². The number of carboxylic acids is 1. The minimum atomic E-state index is -1.01. The number of carbonyl (C=O) groups is 1. The van der Waals surface area contributed by atoms with Gasteiger partial charge in [-0.25, -0.2) is 9.18 Å². The van der Waals surface area contributed by atoms with Crippen molar-refractivity contribution >= 4 is 11.7 Å². The highest BCUT2D eigenvalue weighted by Gasteiger charge is 2.20. The van der Waals surface area contributed by atoms with E-state index in [1.54, 1.807) is 24.4 Å². The van der Waals surface area contributed by atoms with Crippen LogP contribution < -0.4 is 10.1 Å². The van der Waals surface area contributed by atoms with Crippen LogP contribution in [-0.2, 0) is 0 Å². The fourth-order valence-corrected chi connectivity index (χ4v) is 3.43. The van der Waals surface area contributed by atoms with E-state index in [0.717, 1.165) is 23.3 Å². The third-order valence-electron chi connectivity index (χ3n) is 4.90. The molecule has 0 amide bonds. The number of aromatic carboxylic acids is 1. The molecule has 0 aliphatic carbocycles. The summed E-state index contributed by atoms with van der Waals surface area (Å²) in [5, 5.41) is 12.3. The SMILES string of the molecule is O=C(O)c1ccncc1N/C=C/C1CCOc2cc(-c3ccccc3F)ccc21. The highest BCUT2D eigenvalue weighted by molar-refractivity contribution is 5.94. The summed E-state index contributed by atoms with van der Waals surface area (Å²) in [6.07, 6.45) is 7.42. The molecule has 2 heterocycles. The highest BCUT2D eigenvalue weighted by Crippen LogP contribution is 2.38. The standard InChI is InChI=1S/C23H19FN2O3/c24-20-4-2-1-3-17(20)16-5-6-18-15(9-12-29-22(18)13-16)7-11-26-21-14-25-10-8-19(21)23(27)28/h1-8,10-11,13-15,26H,9,12H2,(H,27,28)/b11-7+. The van der Waals surface area contributed by atoms with Crippen molar-refractivity contribution in [3.05, 3.63) is 90.1 Å². The average Bonchev–Trinajstić information content (AvgIpc) is 2.74. The van der Waals surface area contributed by atoms with Crippen molar-refractivity contribution in [2.75, 3.05) is 11.9 Å². The Hall–Kier alpha value is -3.67. The Morgan fingerprint density at radius 2 is 2.10 bits per heavy atom. The maximum Gasteiger partial charge on any atom is 0.337 e. The van der Waals surface area contributed by atoms with Crippen LogP contribution in [0.2, 0.25) is 0 Å². The summed E-state index contributed by atoms with van der Waals surface area (Å²) in [6.45, 7) is 0.552. The number of ether oxygens (including phenoxy) is 1. The number of anilines is 1. The number of nitrogens with zero attached hydrogens (tertiary/aromatic N) is 1. The summed E-state index contributed by atoms with van der Waals surface area (Å²) < 4.78 is 19.9. The zero-order valence-electron chi connectivity index (χ0n) is 15.5. The van der Waals surface area contributed by atoms with Gasteiger partial charge in [-0.15, -0.1) is 0 Å². The van der Waals surface area contributed by atoms with Crippen LogP contribution >= 0.6 is 0 Å². The number of halogens is 1. The van der Waals surface area contributed by atoms with E-state index >= 15 is 0 Å². The topological polar surface area (TPSA) is 71.5 Å². The maximum absolute atomic E-state index is 14.1. The molecule has 3 aromatic rings. The van der Waals surface area contributed by atoms with Crippen LogP contribution in [0.5, 0.6) is 5.75 Å². The molecule has 0 bridgehead atoms. The Labute approximate surface area is 167 Å². The number of nitrogens with one attached hydrogen (secondary N) is 1. The van der Waals surface area contributed by atoms with Gasteiger partial charge in [0.2, 0.25) is 0 Å². The van der Waals surface area contributed by atoms with E-state index in [0.29, 0.717) is 17.9 Å². The van der Waals surface area contributed by atoms with E-state index in [1.165, 1.54) is 24.5 Å². The molecule has 146 valence electrons. The predicted octanol–water partition coefficient (Wildman–Crippen LogP) is 5.08. The average molecular weight is 390 g/mol. The predicted molar refractivity (Wildman–Crippen MR) is 109 cm³/mol. The third kappa shape index (κ3) is 3.96. The van der Waals surface area contributed by atoms with Crippen LogP contribution in [0.4, 0.5) is 10.1 Å². The van der Waals surface area contributed by atoms with Crippen molar-refractivity contribution in [3.63, 3.8) is 0 Å². The second-order valence-electron chi connectivity index (χ2n) is 6.71. The monoisotopic (exact) mass is 390 g/mol. The second kappa shape index (κ2) is 8.14. The van der Waals surface area contributed by atoms with E-state index in [1.807, 2.05) is 24.3 Å². The molecular weight excluding hydrogens is 371 g/mol. The molecule has 5 nitrogen and oxygen atoms in total. The van der Waals surface area contributed by atoms with E-state index in [9.17, 15) is 14.3 Å². The van der Waals surface area contributed by atoms with Crippen LogP contribution in [0.1, 0.15) is 28.3 Å². The number of aromatic nitrogens is 1. The lowest BCUT2D eigenvalue weighted by Crippen LogP contribution is -2.13. The Morgan fingerprint density at radius 1 is 1.24 bits per heavy atom. The number of fused-ring (bicyclic) bond motifs is 1. The highest BCUT2D eigenvalue weighted by atomic mass is 19.1. The lowest BCUT2D eigenvalue weighted by atomic mass is 9.91. The van der Waals surface area contributed by atoms with E-state index < -0.39 is 5.97 Å².